The molecule has 1 aliphatic rings. The molecule has 0 spiro atoms. The Morgan fingerprint density at radius 3 is 2.71 bits per heavy atom. The number of aromatic nitrogens is 5. The lowest BCUT2D eigenvalue weighted by Crippen LogP contribution is -2.33. The Labute approximate surface area is 199 Å². The van der Waals surface area contributed by atoms with Gasteiger partial charge in [0.2, 0.25) is 5.91 Å². The van der Waals surface area contributed by atoms with Crippen LogP contribution in [0.1, 0.15) is 19.4 Å². The van der Waals surface area contributed by atoms with Crippen molar-refractivity contribution < 1.29 is 4.79 Å². The zero-order valence-corrected chi connectivity index (χ0v) is 19.7. The van der Waals surface area contributed by atoms with Crippen LogP contribution >= 0.6 is 11.3 Å². The van der Waals surface area contributed by atoms with Gasteiger partial charge in [0.05, 0.1) is 28.4 Å². The van der Waals surface area contributed by atoms with Gasteiger partial charge in [-0.25, -0.2) is 19.6 Å². The summed E-state index contributed by atoms with van der Waals surface area (Å²) >= 11 is 1.50. The first-order valence-electron chi connectivity index (χ1n) is 10.8. The highest BCUT2D eigenvalue weighted by Gasteiger charge is 2.42. The van der Waals surface area contributed by atoms with E-state index in [1.54, 1.807) is 15.8 Å². The van der Waals surface area contributed by atoms with Crippen molar-refractivity contribution in [1.29, 1.82) is 0 Å². The van der Waals surface area contributed by atoms with E-state index in [9.17, 15) is 4.79 Å². The summed E-state index contributed by atoms with van der Waals surface area (Å²) in [5.41, 5.74) is 4.89. The number of amides is 1. The lowest BCUT2D eigenvalue weighted by molar-refractivity contribution is -0.121. The monoisotopic (exact) mass is 467 g/mol. The van der Waals surface area contributed by atoms with Gasteiger partial charge in [-0.05, 0) is 43.7 Å². The van der Waals surface area contributed by atoms with Gasteiger partial charge in [0.15, 0.2) is 10.8 Å². The molecule has 8 nitrogen and oxygen atoms in total. The Bertz CT molecular complexity index is 1550. The zero-order chi connectivity index (χ0) is 23.4. The van der Waals surface area contributed by atoms with E-state index in [4.69, 9.17) is 4.98 Å². The third kappa shape index (κ3) is 3.08. The third-order valence-electron chi connectivity index (χ3n) is 6.26. The molecule has 9 heteroatoms. The summed E-state index contributed by atoms with van der Waals surface area (Å²) in [7, 11) is 1.82. The van der Waals surface area contributed by atoms with Crippen LogP contribution in [0, 0.1) is 0 Å². The van der Waals surface area contributed by atoms with Crippen LogP contribution in [0.4, 0.5) is 16.6 Å². The standard InChI is InChI=1S/C25H21N7OS/c1-25(2)18-11-15(9-10-20(18)31(3)23(25)33)19-13-34-24(29-19)30-21-17-12-28-32(22(17)27-14-26-21)16-7-5-4-6-8-16/h4-14H,1-3H3,(H,26,27,29,30). The van der Waals surface area contributed by atoms with Gasteiger partial charge in [-0.15, -0.1) is 11.3 Å². The Morgan fingerprint density at radius 1 is 1.06 bits per heavy atom. The molecule has 0 saturated carbocycles. The average molecular weight is 468 g/mol. The number of carbonyl (C=O) groups is 1. The summed E-state index contributed by atoms with van der Waals surface area (Å²) in [6.45, 7) is 3.93. The second kappa shape index (κ2) is 7.46. The maximum absolute atomic E-state index is 12.6. The van der Waals surface area contributed by atoms with Crippen molar-refractivity contribution in [1.82, 2.24) is 24.7 Å². The first-order chi connectivity index (χ1) is 16.4. The molecule has 1 aliphatic heterocycles. The minimum absolute atomic E-state index is 0.101. The van der Waals surface area contributed by atoms with Gasteiger partial charge in [-0.3, -0.25) is 4.79 Å². The minimum atomic E-state index is -0.553. The van der Waals surface area contributed by atoms with E-state index < -0.39 is 5.41 Å². The molecule has 34 heavy (non-hydrogen) atoms. The first-order valence-corrected chi connectivity index (χ1v) is 11.7. The number of benzene rings is 2. The van der Waals surface area contributed by atoms with Gasteiger partial charge in [0, 0.05) is 23.7 Å². The molecule has 3 aromatic heterocycles. The predicted molar refractivity (Wildman–Crippen MR) is 134 cm³/mol. The van der Waals surface area contributed by atoms with Crippen molar-refractivity contribution in [3.63, 3.8) is 0 Å². The van der Waals surface area contributed by atoms with Crippen LogP contribution in [0.5, 0.6) is 0 Å². The molecule has 5 aromatic rings. The molecule has 2 aromatic carbocycles. The lowest BCUT2D eigenvalue weighted by Gasteiger charge is -2.16. The highest BCUT2D eigenvalue weighted by Crippen LogP contribution is 2.42. The Balaban J connectivity index is 1.32. The highest BCUT2D eigenvalue weighted by molar-refractivity contribution is 7.14. The largest absolute Gasteiger partial charge is 0.315 e. The summed E-state index contributed by atoms with van der Waals surface area (Å²) in [6.07, 6.45) is 3.28. The van der Waals surface area contributed by atoms with Crippen molar-refractivity contribution in [2.24, 2.45) is 0 Å². The molecule has 1 amide bonds. The molecular formula is C25H21N7OS. The number of thiazole rings is 1. The van der Waals surface area contributed by atoms with Crippen molar-refractivity contribution in [2.75, 3.05) is 17.3 Å². The fourth-order valence-electron chi connectivity index (χ4n) is 4.40. The number of likely N-dealkylation sites (N-methyl/N-ethyl adjacent to an activating group) is 1. The van der Waals surface area contributed by atoms with Crippen LogP contribution in [0.25, 0.3) is 28.0 Å². The smallest absolute Gasteiger partial charge is 0.236 e. The highest BCUT2D eigenvalue weighted by atomic mass is 32.1. The maximum atomic E-state index is 12.6. The summed E-state index contributed by atoms with van der Waals surface area (Å²) in [5.74, 6) is 0.750. The zero-order valence-electron chi connectivity index (χ0n) is 18.9. The first kappa shape index (κ1) is 20.5. The van der Waals surface area contributed by atoms with E-state index in [1.807, 2.05) is 68.7 Å². The van der Waals surface area contributed by atoms with Crippen molar-refractivity contribution in [3.05, 3.63) is 72.0 Å². The van der Waals surface area contributed by atoms with E-state index in [2.05, 4.69) is 26.4 Å². The van der Waals surface area contributed by atoms with E-state index in [0.29, 0.717) is 5.82 Å². The number of nitrogens with one attached hydrogen (secondary N) is 1. The summed E-state index contributed by atoms with van der Waals surface area (Å²) in [4.78, 5) is 28.0. The quantitative estimate of drug-likeness (QED) is 0.403. The number of hydrogen-bond acceptors (Lipinski definition) is 7. The van der Waals surface area contributed by atoms with Gasteiger partial charge < -0.3 is 10.2 Å². The number of hydrogen-bond donors (Lipinski definition) is 1. The average Bonchev–Trinajstić information content (AvgIpc) is 3.54. The third-order valence-corrected chi connectivity index (χ3v) is 7.02. The van der Waals surface area contributed by atoms with E-state index >= 15 is 0 Å². The molecule has 0 bridgehead atoms. The summed E-state index contributed by atoms with van der Waals surface area (Å²) in [5, 5.41) is 11.4. The fraction of sp³-hybridized carbons (Fsp3) is 0.160. The molecule has 4 heterocycles. The predicted octanol–water partition coefficient (Wildman–Crippen LogP) is 4.94. The molecular weight excluding hydrogens is 446 g/mol. The fourth-order valence-corrected chi connectivity index (χ4v) is 5.12. The van der Waals surface area contributed by atoms with Gasteiger partial charge in [-0.2, -0.15) is 5.10 Å². The topological polar surface area (TPSA) is 88.8 Å². The van der Waals surface area contributed by atoms with E-state index in [1.165, 1.54) is 17.7 Å². The molecule has 0 unspecified atom stereocenters. The number of carbonyl (C=O) groups excluding carboxylic acids is 1. The number of nitrogens with zero attached hydrogens (tertiary/aromatic N) is 6. The Morgan fingerprint density at radius 2 is 1.88 bits per heavy atom. The Hall–Kier alpha value is -4.11. The minimum Gasteiger partial charge on any atom is -0.315 e. The number of fused-ring (bicyclic) bond motifs is 2. The Kier molecular flexibility index (Phi) is 4.50. The van der Waals surface area contributed by atoms with Crippen LogP contribution in [0.15, 0.2) is 66.4 Å². The number of para-hydroxylation sites is 1. The van der Waals surface area contributed by atoms with E-state index in [0.717, 1.165) is 44.4 Å². The van der Waals surface area contributed by atoms with Crippen LogP contribution in [0.2, 0.25) is 0 Å². The molecule has 6 rings (SSSR count). The lowest BCUT2D eigenvalue weighted by atomic mass is 9.85. The molecule has 0 saturated heterocycles. The molecule has 0 atom stereocenters. The van der Waals surface area contributed by atoms with Crippen LogP contribution < -0.4 is 10.2 Å². The van der Waals surface area contributed by atoms with Gasteiger partial charge in [-0.1, -0.05) is 24.3 Å². The normalized spacial score (nSPS) is 14.6. The van der Waals surface area contributed by atoms with Gasteiger partial charge in [0.1, 0.15) is 12.1 Å². The molecule has 0 fully saturated rings. The molecule has 168 valence electrons. The van der Waals surface area contributed by atoms with Crippen molar-refractivity contribution in [2.45, 2.75) is 19.3 Å². The molecule has 0 radical (unpaired) electrons. The van der Waals surface area contributed by atoms with Crippen LogP contribution in [-0.4, -0.2) is 37.7 Å². The SMILES string of the molecule is CN1C(=O)C(C)(C)c2cc(-c3csc(Nc4ncnc5c4cnn5-c4ccccc4)n3)ccc21. The van der Waals surface area contributed by atoms with Crippen molar-refractivity contribution >= 4 is 44.9 Å². The van der Waals surface area contributed by atoms with Gasteiger partial charge in [0.25, 0.3) is 0 Å². The second-order valence-corrected chi connectivity index (χ2v) is 9.59. The summed E-state index contributed by atoms with van der Waals surface area (Å²) in [6, 6.07) is 15.9. The van der Waals surface area contributed by atoms with Crippen LogP contribution in [-0.2, 0) is 10.2 Å². The van der Waals surface area contributed by atoms with Crippen molar-refractivity contribution in [3.8, 4) is 16.9 Å². The van der Waals surface area contributed by atoms with Gasteiger partial charge >= 0.3 is 0 Å². The summed E-state index contributed by atoms with van der Waals surface area (Å²) < 4.78 is 1.79. The number of rotatable bonds is 4. The molecule has 1 N–H and O–H groups in total. The van der Waals surface area contributed by atoms with Crippen LogP contribution in [0.3, 0.4) is 0 Å². The maximum Gasteiger partial charge on any atom is 0.236 e. The molecule has 0 aliphatic carbocycles. The number of anilines is 3. The van der Waals surface area contributed by atoms with E-state index in [-0.39, 0.29) is 5.91 Å². The second-order valence-electron chi connectivity index (χ2n) is 8.74.